The van der Waals surface area contributed by atoms with E-state index in [0.29, 0.717) is 44.8 Å². The van der Waals surface area contributed by atoms with Gasteiger partial charge in [-0.3, -0.25) is 9.59 Å². The van der Waals surface area contributed by atoms with Gasteiger partial charge in [0.05, 0.1) is 11.9 Å². The van der Waals surface area contributed by atoms with E-state index in [0.717, 1.165) is 10.9 Å². The molecule has 0 N–H and O–H groups in total. The molecule has 0 bridgehead atoms. The predicted molar refractivity (Wildman–Crippen MR) is 115 cm³/mol. The van der Waals surface area contributed by atoms with Crippen LogP contribution in [0.2, 0.25) is 0 Å². The van der Waals surface area contributed by atoms with Crippen molar-refractivity contribution in [2.75, 3.05) is 32.8 Å². The third kappa shape index (κ3) is 4.11. The molecule has 11 heteroatoms. The average Bonchev–Trinajstić information content (AvgIpc) is 3.53. The van der Waals surface area contributed by atoms with Crippen molar-refractivity contribution in [3.63, 3.8) is 0 Å². The zero-order chi connectivity index (χ0) is 23.8. The van der Waals surface area contributed by atoms with Crippen molar-refractivity contribution in [1.29, 1.82) is 0 Å². The number of benzene rings is 1. The van der Waals surface area contributed by atoms with Crippen molar-refractivity contribution in [2.45, 2.75) is 25.4 Å². The Labute approximate surface area is 192 Å². The first-order valence-electron chi connectivity index (χ1n) is 11.0. The minimum atomic E-state index is -2.86. The fourth-order valence-electron chi connectivity index (χ4n) is 4.34. The van der Waals surface area contributed by atoms with Crippen LogP contribution in [0.1, 0.15) is 35.3 Å². The first kappa shape index (κ1) is 22.3. The van der Waals surface area contributed by atoms with Gasteiger partial charge in [-0.1, -0.05) is 0 Å². The molecule has 0 radical (unpaired) electrons. The summed E-state index contributed by atoms with van der Waals surface area (Å²) in [6.45, 7) is 1.90. The van der Waals surface area contributed by atoms with E-state index >= 15 is 0 Å². The molecule has 0 aliphatic carbocycles. The van der Waals surface area contributed by atoms with Gasteiger partial charge < -0.3 is 14.5 Å². The highest BCUT2D eigenvalue weighted by Crippen LogP contribution is 2.27. The molecule has 1 aromatic carbocycles. The topological polar surface area (TPSA) is 80.0 Å². The summed E-state index contributed by atoms with van der Waals surface area (Å²) < 4.78 is 47.3. The Kier molecular flexibility index (Phi) is 5.94. The molecule has 4 heterocycles. The molecular weight excluding hydrogens is 451 g/mol. The number of nitrogens with zero attached hydrogens (tertiary/aromatic N) is 5. The summed E-state index contributed by atoms with van der Waals surface area (Å²) in [5, 5.41) is 3.99. The molecule has 2 aliphatic heterocycles. The van der Waals surface area contributed by atoms with Crippen LogP contribution in [0.3, 0.4) is 0 Å². The van der Waals surface area contributed by atoms with Crippen LogP contribution < -0.4 is 0 Å². The Morgan fingerprint density at radius 2 is 1.76 bits per heavy atom. The quantitative estimate of drug-likeness (QED) is 0.582. The number of halogens is 3. The van der Waals surface area contributed by atoms with Crippen LogP contribution in [0.15, 0.2) is 36.5 Å². The second-order valence-electron chi connectivity index (χ2n) is 8.29. The normalized spacial score (nSPS) is 18.8. The van der Waals surface area contributed by atoms with Gasteiger partial charge in [0.2, 0.25) is 0 Å². The van der Waals surface area contributed by atoms with E-state index in [2.05, 4.69) is 10.1 Å². The maximum atomic E-state index is 13.8. The van der Waals surface area contributed by atoms with Crippen LogP contribution in [0.25, 0.3) is 16.9 Å². The van der Waals surface area contributed by atoms with Crippen LogP contribution in [-0.4, -0.2) is 75.1 Å². The Morgan fingerprint density at radius 3 is 2.41 bits per heavy atom. The fraction of sp³-hybridized carbons (Fsp3) is 0.391. The van der Waals surface area contributed by atoms with Crippen molar-refractivity contribution in [3.05, 3.63) is 53.6 Å². The fourth-order valence-corrected chi connectivity index (χ4v) is 4.34. The van der Waals surface area contributed by atoms with Gasteiger partial charge in [0.25, 0.3) is 18.2 Å². The molecule has 2 aromatic heterocycles. The number of aromatic nitrogens is 3. The monoisotopic (exact) mass is 473 g/mol. The van der Waals surface area contributed by atoms with Crippen molar-refractivity contribution in [3.8, 4) is 11.3 Å². The molecule has 2 saturated heterocycles. The number of ether oxygens (including phenoxy) is 1. The van der Waals surface area contributed by atoms with Crippen LogP contribution in [-0.2, 0) is 9.53 Å². The number of carbonyl (C=O) groups excluding carboxylic acids is 2. The average molecular weight is 473 g/mol. The molecule has 1 atom stereocenters. The largest absolute Gasteiger partial charge is 0.368 e. The molecule has 2 fully saturated rings. The number of alkyl halides is 2. The summed E-state index contributed by atoms with van der Waals surface area (Å²) in [6, 6.07) is 6.48. The highest BCUT2D eigenvalue weighted by Gasteiger charge is 2.32. The summed E-state index contributed by atoms with van der Waals surface area (Å²) in [5.41, 5.74) is 0.288. The number of rotatable bonds is 4. The highest BCUT2D eigenvalue weighted by atomic mass is 19.3. The lowest BCUT2D eigenvalue weighted by Gasteiger charge is -2.35. The Balaban J connectivity index is 1.40. The standard InChI is InChI=1S/C23H22F3N5O3/c24-15-5-3-14(4-6-15)17-12-18(20(25)26)31-21(28-17)16(13-27-31)22(32)29-7-9-30(10-8-29)23(33)19-2-1-11-34-19/h3-6,12-13,19-20H,1-2,7-11H2/t19-/m0/s1. The van der Waals surface area contributed by atoms with Crippen LogP contribution in [0.4, 0.5) is 13.2 Å². The Hall–Kier alpha value is -3.47. The molecule has 8 nitrogen and oxygen atoms in total. The molecule has 2 amide bonds. The Bertz CT molecular complexity index is 1220. The van der Waals surface area contributed by atoms with E-state index in [1.165, 1.54) is 36.5 Å². The first-order chi connectivity index (χ1) is 16.4. The third-order valence-electron chi connectivity index (χ3n) is 6.18. The van der Waals surface area contributed by atoms with Crippen molar-refractivity contribution in [1.82, 2.24) is 24.4 Å². The van der Waals surface area contributed by atoms with E-state index in [9.17, 15) is 22.8 Å². The van der Waals surface area contributed by atoms with E-state index in [1.54, 1.807) is 9.80 Å². The maximum absolute atomic E-state index is 13.8. The molecular formula is C23H22F3N5O3. The Morgan fingerprint density at radius 1 is 1.06 bits per heavy atom. The van der Waals surface area contributed by atoms with E-state index in [1.807, 2.05) is 0 Å². The first-order valence-corrected chi connectivity index (χ1v) is 11.0. The summed E-state index contributed by atoms with van der Waals surface area (Å²) in [6.07, 6.45) is -0.482. The third-order valence-corrected chi connectivity index (χ3v) is 6.18. The lowest BCUT2D eigenvalue weighted by atomic mass is 10.1. The molecule has 178 valence electrons. The SMILES string of the molecule is O=C(c1cnn2c(C(F)F)cc(-c3ccc(F)cc3)nc12)N1CCN(C(=O)[C@@H]2CCCO2)CC1. The number of piperazine rings is 1. The minimum Gasteiger partial charge on any atom is -0.368 e. The van der Waals surface area contributed by atoms with Crippen LogP contribution >= 0.6 is 0 Å². The lowest BCUT2D eigenvalue weighted by molar-refractivity contribution is -0.142. The number of hydrogen-bond acceptors (Lipinski definition) is 5. The lowest BCUT2D eigenvalue weighted by Crippen LogP contribution is -2.52. The molecule has 0 saturated carbocycles. The smallest absolute Gasteiger partial charge is 0.280 e. The van der Waals surface area contributed by atoms with Gasteiger partial charge in [0, 0.05) is 38.3 Å². The van der Waals surface area contributed by atoms with E-state index < -0.39 is 29.9 Å². The number of carbonyl (C=O) groups is 2. The zero-order valence-electron chi connectivity index (χ0n) is 18.2. The molecule has 5 rings (SSSR count). The highest BCUT2D eigenvalue weighted by molar-refractivity contribution is 6.00. The second kappa shape index (κ2) is 9.05. The maximum Gasteiger partial charge on any atom is 0.280 e. The number of amides is 2. The van der Waals surface area contributed by atoms with Crippen LogP contribution in [0.5, 0.6) is 0 Å². The van der Waals surface area contributed by atoms with Gasteiger partial charge >= 0.3 is 0 Å². The van der Waals surface area contributed by atoms with Crippen molar-refractivity contribution in [2.24, 2.45) is 0 Å². The zero-order valence-corrected chi connectivity index (χ0v) is 18.2. The second-order valence-corrected chi connectivity index (χ2v) is 8.29. The number of fused-ring (bicyclic) bond motifs is 1. The number of hydrogen-bond donors (Lipinski definition) is 0. The molecule has 3 aromatic rings. The minimum absolute atomic E-state index is 0.0000124. The predicted octanol–water partition coefficient (Wildman–Crippen LogP) is 2.94. The van der Waals surface area contributed by atoms with Gasteiger partial charge in [0.1, 0.15) is 23.2 Å². The van der Waals surface area contributed by atoms with Gasteiger partial charge in [-0.15, -0.1) is 0 Å². The summed E-state index contributed by atoms with van der Waals surface area (Å²) in [5.74, 6) is -0.924. The van der Waals surface area contributed by atoms with Gasteiger partial charge in [-0.2, -0.15) is 5.10 Å². The summed E-state index contributed by atoms with van der Waals surface area (Å²) in [4.78, 5) is 33.5. The molecule has 2 aliphatic rings. The van der Waals surface area contributed by atoms with Gasteiger partial charge in [-0.25, -0.2) is 22.7 Å². The van der Waals surface area contributed by atoms with Crippen molar-refractivity contribution < 1.29 is 27.5 Å². The van der Waals surface area contributed by atoms with Gasteiger partial charge in [0.15, 0.2) is 5.65 Å². The van der Waals surface area contributed by atoms with E-state index in [4.69, 9.17) is 4.74 Å². The van der Waals surface area contributed by atoms with E-state index in [-0.39, 0.29) is 22.8 Å². The molecule has 0 spiro atoms. The molecule has 34 heavy (non-hydrogen) atoms. The van der Waals surface area contributed by atoms with Crippen molar-refractivity contribution >= 4 is 17.5 Å². The van der Waals surface area contributed by atoms with Crippen LogP contribution in [0, 0.1) is 5.82 Å². The summed E-state index contributed by atoms with van der Waals surface area (Å²) in [7, 11) is 0. The summed E-state index contributed by atoms with van der Waals surface area (Å²) >= 11 is 0. The molecule has 0 unspecified atom stereocenters. The van der Waals surface area contributed by atoms with Gasteiger partial charge in [-0.05, 0) is 43.2 Å².